The lowest BCUT2D eigenvalue weighted by atomic mass is 10.1. The van der Waals surface area contributed by atoms with Crippen molar-refractivity contribution in [2.45, 2.75) is 18.7 Å². The Kier molecular flexibility index (Phi) is 10.2. The molecule has 4 aromatic rings. The number of hydrogen-bond donors (Lipinski definition) is 1. The normalized spacial score (nSPS) is 13.2. The third-order valence-electron chi connectivity index (χ3n) is 6.75. The Hall–Kier alpha value is -6.28. The number of imide groups is 1. The molecule has 4 aromatic carbocycles. The maximum Gasteiger partial charge on any atom is 0.422 e. The topological polar surface area (TPSA) is 146 Å². The van der Waals surface area contributed by atoms with Gasteiger partial charge in [-0.05, 0) is 90.5 Å². The number of carbonyl (C=O) groups is 5. The number of aliphatic hydroxyl groups is 1. The van der Waals surface area contributed by atoms with Crippen LogP contribution in [0.15, 0.2) is 109 Å². The van der Waals surface area contributed by atoms with Gasteiger partial charge in [-0.15, -0.1) is 0 Å². The lowest BCUT2D eigenvalue weighted by molar-refractivity contribution is -0.153. The van der Waals surface area contributed by atoms with Gasteiger partial charge in [0.05, 0.1) is 16.8 Å². The molecule has 0 aliphatic carbocycles. The molecule has 0 bridgehead atoms. The van der Waals surface area contributed by atoms with Crippen molar-refractivity contribution in [3.63, 3.8) is 0 Å². The van der Waals surface area contributed by atoms with Crippen LogP contribution in [0.25, 0.3) is 0 Å². The highest BCUT2D eigenvalue weighted by molar-refractivity contribution is 6.28. The molecule has 0 fully saturated rings. The third kappa shape index (κ3) is 9.17. The predicted molar refractivity (Wildman–Crippen MR) is 164 cm³/mol. The number of amides is 2. The van der Waals surface area contributed by atoms with Crippen LogP contribution in [0.5, 0.6) is 23.0 Å². The molecule has 1 unspecified atom stereocenters. The average molecular weight is 676 g/mol. The Morgan fingerprint density at radius 2 is 1.06 bits per heavy atom. The highest BCUT2D eigenvalue weighted by Gasteiger charge is 2.28. The van der Waals surface area contributed by atoms with Crippen molar-refractivity contribution in [2.24, 2.45) is 0 Å². The number of esters is 3. The molecule has 250 valence electrons. The smallest absolute Gasteiger partial charge is 0.422 e. The molecule has 1 aliphatic rings. The highest BCUT2D eigenvalue weighted by atomic mass is 19.4. The molecule has 2 amide bonds. The molecule has 49 heavy (non-hydrogen) atoms. The predicted octanol–water partition coefficient (Wildman–Crippen LogP) is 5.00. The van der Waals surface area contributed by atoms with Crippen LogP contribution in [0, 0.1) is 0 Å². The molecule has 1 N–H and O–H groups in total. The standard InChI is InChI=1S/C35H24F3NO10/c36-35(37,38)20-46-25-11-3-22(4-12-25)32(43)48-27-13-5-23(6-14-27)33(44)47-26-9-1-21(2-10-26)19-29(40)34(45)49-28-15-7-24(8-16-28)39-30(41)17-18-31(39)42/h1-18,29,40H,19-20H2. The number of benzene rings is 4. The van der Waals surface area contributed by atoms with Crippen molar-refractivity contribution < 1.29 is 61.2 Å². The molecule has 11 nitrogen and oxygen atoms in total. The first-order chi connectivity index (χ1) is 23.3. The minimum absolute atomic E-state index is 0.0655. The molecule has 0 saturated carbocycles. The van der Waals surface area contributed by atoms with Gasteiger partial charge in [-0.25, -0.2) is 19.3 Å². The molecule has 0 saturated heterocycles. The van der Waals surface area contributed by atoms with Gasteiger partial charge in [-0.3, -0.25) is 9.59 Å². The minimum atomic E-state index is -4.50. The quantitative estimate of drug-likeness (QED) is 0.131. The van der Waals surface area contributed by atoms with E-state index < -0.39 is 48.6 Å². The van der Waals surface area contributed by atoms with Gasteiger partial charge < -0.3 is 24.1 Å². The zero-order valence-corrected chi connectivity index (χ0v) is 25.1. The summed E-state index contributed by atoms with van der Waals surface area (Å²) in [6, 6.07) is 22.0. The summed E-state index contributed by atoms with van der Waals surface area (Å²) in [6.07, 6.45) is -3.84. The van der Waals surface area contributed by atoms with Crippen LogP contribution >= 0.6 is 0 Å². The molecule has 1 atom stereocenters. The molecule has 1 heterocycles. The van der Waals surface area contributed by atoms with Crippen LogP contribution in [0.2, 0.25) is 0 Å². The molecule has 0 spiro atoms. The zero-order chi connectivity index (χ0) is 35.1. The van der Waals surface area contributed by atoms with Gasteiger partial charge in [0.25, 0.3) is 11.8 Å². The minimum Gasteiger partial charge on any atom is -0.484 e. The van der Waals surface area contributed by atoms with E-state index in [0.29, 0.717) is 11.3 Å². The van der Waals surface area contributed by atoms with Gasteiger partial charge in [0.1, 0.15) is 23.0 Å². The molecule has 14 heteroatoms. The Morgan fingerprint density at radius 3 is 1.55 bits per heavy atom. The SMILES string of the molecule is O=C(Oc1ccc(C(=O)Oc2ccc(CC(O)C(=O)Oc3ccc(N4C(=O)C=CC4=O)cc3)cc2)cc1)c1ccc(OCC(F)(F)F)cc1. The number of carbonyl (C=O) groups excluding carboxylic acids is 5. The van der Waals surface area contributed by atoms with Crippen molar-refractivity contribution in [1.29, 1.82) is 0 Å². The van der Waals surface area contributed by atoms with Crippen LogP contribution in [0.1, 0.15) is 26.3 Å². The van der Waals surface area contributed by atoms with Crippen molar-refractivity contribution in [1.82, 2.24) is 0 Å². The van der Waals surface area contributed by atoms with Crippen LogP contribution < -0.4 is 23.8 Å². The molecular weight excluding hydrogens is 651 g/mol. The Bertz CT molecular complexity index is 1870. The van der Waals surface area contributed by atoms with Crippen LogP contribution in [0.4, 0.5) is 18.9 Å². The van der Waals surface area contributed by atoms with Crippen molar-refractivity contribution in [3.05, 3.63) is 126 Å². The number of halogens is 3. The number of alkyl halides is 3. The summed E-state index contributed by atoms with van der Waals surface area (Å²) < 4.78 is 57.3. The second-order valence-electron chi connectivity index (χ2n) is 10.4. The van der Waals surface area contributed by atoms with E-state index in [4.69, 9.17) is 14.2 Å². The monoisotopic (exact) mass is 675 g/mol. The average Bonchev–Trinajstić information content (AvgIpc) is 3.42. The van der Waals surface area contributed by atoms with Gasteiger partial charge in [0.2, 0.25) is 0 Å². The first-order valence-electron chi connectivity index (χ1n) is 14.3. The number of ether oxygens (including phenoxy) is 4. The van der Waals surface area contributed by atoms with E-state index in [1.54, 1.807) is 12.1 Å². The first kappa shape index (κ1) is 34.1. The zero-order valence-electron chi connectivity index (χ0n) is 25.1. The molecular formula is C35H24F3NO10. The number of aliphatic hydroxyl groups excluding tert-OH is 1. The fraction of sp³-hybridized carbons (Fsp3) is 0.114. The van der Waals surface area contributed by atoms with Crippen LogP contribution in [-0.2, 0) is 20.8 Å². The summed E-state index contributed by atoms with van der Waals surface area (Å²) in [5.74, 6) is -3.11. The van der Waals surface area contributed by atoms with E-state index in [1.165, 1.54) is 84.9 Å². The molecule has 0 radical (unpaired) electrons. The van der Waals surface area contributed by atoms with Gasteiger partial charge in [-0.2, -0.15) is 13.2 Å². The summed E-state index contributed by atoms with van der Waals surface area (Å²) in [5, 5.41) is 10.4. The summed E-state index contributed by atoms with van der Waals surface area (Å²) in [7, 11) is 0. The van der Waals surface area contributed by atoms with E-state index in [-0.39, 0.29) is 40.5 Å². The maximum absolute atomic E-state index is 12.6. The van der Waals surface area contributed by atoms with E-state index in [0.717, 1.165) is 17.1 Å². The second kappa shape index (κ2) is 14.6. The van der Waals surface area contributed by atoms with Crippen LogP contribution in [-0.4, -0.2) is 53.7 Å². The number of rotatable bonds is 11. The number of nitrogens with zero attached hydrogens (tertiary/aromatic N) is 1. The molecule has 1 aliphatic heterocycles. The van der Waals surface area contributed by atoms with E-state index >= 15 is 0 Å². The van der Waals surface area contributed by atoms with Gasteiger partial charge in [-0.1, -0.05) is 12.1 Å². The van der Waals surface area contributed by atoms with Gasteiger partial charge >= 0.3 is 24.1 Å². The third-order valence-corrected chi connectivity index (χ3v) is 6.75. The Labute approximate surface area is 275 Å². The summed E-state index contributed by atoms with van der Waals surface area (Å²) >= 11 is 0. The fourth-order valence-corrected chi connectivity index (χ4v) is 4.35. The van der Waals surface area contributed by atoms with Crippen molar-refractivity contribution in [2.75, 3.05) is 11.5 Å². The summed E-state index contributed by atoms with van der Waals surface area (Å²) in [6.45, 7) is -1.46. The lowest BCUT2D eigenvalue weighted by Crippen LogP contribution is -2.29. The highest BCUT2D eigenvalue weighted by Crippen LogP contribution is 2.24. The number of anilines is 1. The first-order valence-corrected chi connectivity index (χ1v) is 14.3. The van der Waals surface area contributed by atoms with E-state index in [9.17, 15) is 42.3 Å². The van der Waals surface area contributed by atoms with Gasteiger partial charge in [0, 0.05) is 18.6 Å². The van der Waals surface area contributed by atoms with E-state index in [2.05, 4.69) is 4.74 Å². The Balaban J connectivity index is 1.08. The van der Waals surface area contributed by atoms with Crippen molar-refractivity contribution >= 4 is 35.4 Å². The number of hydrogen-bond acceptors (Lipinski definition) is 10. The largest absolute Gasteiger partial charge is 0.484 e. The van der Waals surface area contributed by atoms with Crippen molar-refractivity contribution in [3.8, 4) is 23.0 Å². The fourth-order valence-electron chi connectivity index (χ4n) is 4.35. The van der Waals surface area contributed by atoms with Gasteiger partial charge in [0.15, 0.2) is 12.7 Å². The lowest BCUT2D eigenvalue weighted by Gasteiger charge is -2.15. The Morgan fingerprint density at radius 1 is 0.633 bits per heavy atom. The summed E-state index contributed by atoms with van der Waals surface area (Å²) in [4.78, 5) is 62.0. The summed E-state index contributed by atoms with van der Waals surface area (Å²) in [5.41, 5.74) is 1.03. The second-order valence-corrected chi connectivity index (χ2v) is 10.4. The van der Waals surface area contributed by atoms with E-state index in [1.807, 2.05) is 0 Å². The molecule has 0 aromatic heterocycles. The maximum atomic E-state index is 12.6. The molecule has 5 rings (SSSR count). The van der Waals surface area contributed by atoms with Crippen LogP contribution in [0.3, 0.4) is 0 Å².